The molecule has 0 bridgehead atoms. The first-order valence-corrected chi connectivity index (χ1v) is 11.2. The van der Waals surface area contributed by atoms with E-state index < -0.39 is 5.60 Å². The van der Waals surface area contributed by atoms with Crippen LogP contribution in [0.2, 0.25) is 0 Å². The van der Waals surface area contributed by atoms with Crippen molar-refractivity contribution in [1.29, 1.82) is 0 Å². The monoisotopic (exact) mass is 438 g/mol. The van der Waals surface area contributed by atoms with Gasteiger partial charge in [-0.25, -0.2) is 4.98 Å². The first-order valence-electron chi connectivity index (χ1n) is 10.4. The quantitative estimate of drug-likeness (QED) is 0.435. The predicted molar refractivity (Wildman–Crippen MR) is 122 cm³/mol. The summed E-state index contributed by atoms with van der Waals surface area (Å²) in [6.45, 7) is 3.88. The maximum atomic E-state index is 10.3. The van der Waals surface area contributed by atoms with E-state index >= 15 is 0 Å². The van der Waals surface area contributed by atoms with Crippen molar-refractivity contribution in [2.75, 3.05) is 10.6 Å². The minimum atomic E-state index is -0.578. The fourth-order valence-electron chi connectivity index (χ4n) is 4.06. The van der Waals surface area contributed by atoms with E-state index in [0.29, 0.717) is 5.95 Å². The minimum absolute atomic E-state index is 0.245. The van der Waals surface area contributed by atoms with E-state index in [-0.39, 0.29) is 6.04 Å². The molecule has 1 aliphatic rings. The number of hydrogen-bond donors (Lipinski definition) is 3. The second kappa shape index (κ2) is 7.61. The minimum Gasteiger partial charge on any atom is -0.390 e. The van der Waals surface area contributed by atoms with Crippen molar-refractivity contribution < 1.29 is 5.11 Å². The van der Waals surface area contributed by atoms with Gasteiger partial charge in [0.1, 0.15) is 10.5 Å². The van der Waals surface area contributed by atoms with Gasteiger partial charge in [0.25, 0.3) is 0 Å². The third-order valence-corrected chi connectivity index (χ3v) is 6.57. The van der Waals surface area contributed by atoms with E-state index in [1.54, 1.807) is 4.68 Å². The lowest BCUT2D eigenvalue weighted by Crippen LogP contribution is -2.36. The summed E-state index contributed by atoms with van der Waals surface area (Å²) in [7, 11) is 1.90. The Morgan fingerprint density at radius 3 is 2.74 bits per heavy atom. The molecule has 4 aromatic rings. The number of hydrogen-bond acceptors (Lipinski definition) is 8. The van der Waals surface area contributed by atoms with Crippen LogP contribution in [0.1, 0.15) is 38.3 Å². The van der Waals surface area contributed by atoms with Crippen LogP contribution < -0.4 is 10.6 Å². The SMILES string of the molecule is Cc1cc(Nc2nc(NC3CCC(C)(O)CC3)c3c(ccn3-c3cnn(C)c3)n2)sn1. The smallest absolute Gasteiger partial charge is 0.230 e. The zero-order chi connectivity index (χ0) is 21.6. The normalized spacial score (nSPS) is 21.5. The molecule has 0 amide bonds. The largest absolute Gasteiger partial charge is 0.390 e. The highest BCUT2D eigenvalue weighted by Crippen LogP contribution is 2.33. The van der Waals surface area contributed by atoms with Crippen LogP contribution in [-0.4, -0.2) is 45.4 Å². The van der Waals surface area contributed by atoms with E-state index in [4.69, 9.17) is 9.97 Å². The molecule has 1 fully saturated rings. The van der Waals surface area contributed by atoms with E-state index in [0.717, 1.165) is 58.9 Å². The maximum Gasteiger partial charge on any atom is 0.230 e. The first-order chi connectivity index (χ1) is 14.9. The van der Waals surface area contributed by atoms with Gasteiger partial charge in [0.15, 0.2) is 5.82 Å². The van der Waals surface area contributed by atoms with Crippen LogP contribution in [0.4, 0.5) is 16.8 Å². The fraction of sp³-hybridized carbons (Fsp3) is 0.429. The van der Waals surface area contributed by atoms with Gasteiger partial charge in [0.2, 0.25) is 5.95 Å². The molecule has 31 heavy (non-hydrogen) atoms. The lowest BCUT2D eigenvalue weighted by atomic mass is 9.84. The van der Waals surface area contributed by atoms with Gasteiger partial charge in [0.05, 0.1) is 28.7 Å². The third kappa shape index (κ3) is 4.13. The molecule has 0 spiro atoms. The van der Waals surface area contributed by atoms with Crippen molar-refractivity contribution in [2.24, 2.45) is 7.05 Å². The summed E-state index contributed by atoms with van der Waals surface area (Å²) >= 11 is 1.39. The molecular weight excluding hydrogens is 412 g/mol. The average molecular weight is 439 g/mol. The van der Waals surface area contributed by atoms with Crippen LogP contribution in [0.5, 0.6) is 0 Å². The third-order valence-electron chi connectivity index (χ3n) is 5.77. The molecule has 4 heterocycles. The molecule has 3 N–H and O–H groups in total. The topological polar surface area (TPSA) is 106 Å². The summed E-state index contributed by atoms with van der Waals surface area (Å²) in [6, 6.07) is 4.22. The number of aromatic nitrogens is 6. The molecule has 0 aromatic carbocycles. The highest BCUT2D eigenvalue weighted by atomic mass is 32.1. The Morgan fingerprint density at radius 1 is 1.26 bits per heavy atom. The Morgan fingerprint density at radius 2 is 2.06 bits per heavy atom. The molecular formula is C21H26N8OS. The lowest BCUT2D eigenvalue weighted by molar-refractivity contribution is 0.0196. The standard InChI is InChI=1S/C21H26N8OS/c1-13-10-17(31-27-13)25-20-24-16-6-9-29(15-11-22-28(3)12-15)18(16)19(26-20)23-14-4-7-21(2,30)8-5-14/h6,9-12,14,30H,4-5,7-8H2,1-3H3,(H2,23,24,25,26). The molecule has 5 rings (SSSR count). The summed E-state index contributed by atoms with van der Waals surface area (Å²) in [5.74, 6) is 1.31. The molecule has 0 saturated heterocycles. The van der Waals surface area contributed by atoms with Crippen LogP contribution >= 0.6 is 11.5 Å². The Kier molecular flexibility index (Phi) is 4.90. The zero-order valence-electron chi connectivity index (χ0n) is 17.8. The van der Waals surface area contributed by atoms with Gasteiger partial charge >= 0.3 is 0 Å². The van der Waals surface area contributed by atoms with Gasteiger partial charge in [-0.05, 0) is 63.2 Å². The summed E-state index contributed by atoms with van der Waals surface area (Å²) < 4.78 is 8.16. The van der Waals surface area contributed by atoms with Gasteiger partial charge in [-0.3, -0.25) is 4.68 Å². The van der Waals surface area contributed by atoms with Gasteiger partial charge in [0, 0.05) is 25.5 Å². The number of aryl methyl sites for hydroxylation is 2. The van der Waals surface area contributed by atoms with E-state index in [2.05, 4.69) is 24.7 Å². The molecule has 4 aromatic heterocycles. The summed E-state index contributed by atoms with van der Waals surface area (Å²) in [5.41, 5.74) is 3.09. The van der Waals surface area contributed by atoms with E-state index in [9.17, 15) is 5.11 Å². The van der Waals surface area contributed by atoms with Crippen LogP contribution in [-0.2, 0) is 7.05 Å². The van der Waals surface area contributed by atoms with Crippen LogP contribution in [0, 0.1) is 6.92 Å². The number of aliphatic hydroxyl groups is 1. The van der Waals surface area contributed by atoms with Crippen molar-refractivity contribution in [3.8, 4) is 5.69 Å². The average Bonchev–Trinajstić information content (AvgIpc) is 3.43. The number of fused-ring (bicyclic) bond motifs is 1. The number of nitrogens with one attached hydrogen (secondary N) is 2. The highest BCUT2D eigenvalue weighted by Gasteiger charge is 2.29. The number of nitrogens with zero attached hydrogens (tertiary/aromatic N) is 6. The molecule has 0 unspecified atom stereocenters. The fourth-order valence-corrected chi connectivity index (χ4v) is 4.72. The molecule has 0 aliphatic heterocycles. The maximum absolute atomic E-state index is 10.3. The zero-order valence-corrected chi connectivity index (χ0v) is 18.6. The van der Waals surface area contributed by atoms with Gasteiger partial charge in [-0.15, -0.1) is 0 Å². The Balaban J connectivity index is 1.54. The number of anilines is 3. The molecule has 1 saturated carbocycles. The van der Waals surface area contributed by atoms with Crippen LogP contribution in [0.25, 0.3) is 16.7 Å². The molecule has 0 atom stereocenters. The Labute approximate surface area is 184 Å². The predicted octanol–water partition coefficient (Wildman–Crippen LogP) is 3.77. The molecule has 10 heteroatoms. The highest BCUT2D eigenvalue weighted by molar-refractivity contribution is 7.10. The van der Waals surface area contributed by atoms with E-state index in [1.807, 2.05) is 51.6 Å². The summed E-state index contributed by atoms with van der Waals surface area (Å²) in [6.07, 6.45) is 9.11. The second-order valence-electron chi connectivity index (χ2n) is 8.56. The van der Waals surface area contributed by atoms with Gasteiger partial charge in [-0.2, -0.15) is 14.5 Å². The first kappa shape index (κ1) is 20.0. The van der Waals surface area contributed by atoms with Gasteiger partial charge in [-0.1, -0.05) is 0 Å². The lowest BCUT2D eigenvalue weighted by Gasteiger charge is -2.33. The Bertz CT molecular complexity index is 1210. The molecule has 9 nitrogen and oxygen atoms in total. The van der Waals surface area contributed by atoms with Crippen LogP contribution in [0.15, 0.2) is 30.7 Å². The summed E-state index contributed by atoms with van der Waals surface area (Å²) in [4.78, 5) is 9.57. The van der Waals surface area contributed by atoms with Crippen LogP contribution in [0.3, 0.4) is 0 Å². The van der Waals surface area contributed by atoms with Gasteiger partial charge < -0.3 is 20.3 Å². The summed E-state index contributed by atoms with van der Waals surface area (Å²) in [5, 5.41) is 22.5. The second-order valence-corrected chi connectivity index (χ2v) is 9.37. The van der Waals surface area contributed by atoms with Crippen molar-refractivity contribution >= 4 is 39.3 Å². The number of rotatable bonds is 5. The van der Waals surface area contributed by atoms with E-state index in [1.165, 1.54) is 11.5 Å². The molecule has 1 aliphatic carbocycles. The van der Waals surface area contributed by atoms with Crippen molar-refractivity contribution in [2.45, 2.75) is 51.2 Å². The molecule has 162 valence electrons. The van der Waals surface area contributed by atoms with Crippen molar-refractivity contribution in [3.63, 3.8) is 0 Å². The Hall–Kier alpha value is -2.98. The van der Waals surface area contributed by atoms with Crippen molar-refractivity contribution in [1.82, 2.24) is 28.7 Å². The molecule has 0 radical (unpaired) electrons. The van der Waals surface area contributed by atoms with Crippen molar-refractivity contribution in [3.05, 3.63) is 36.4 Å².